The highest BCUT2D eigenvalue weighted by Crippen LogP contribution is 2.52. The fraction of sp³-hybridized carbons (Fsp3) is 0.200. The summed E-state index contributed by atoms with van der Waals surface area (Å²) in [5.41, 5.74) is 11.8. The molecule has 5 rings (SSSR count). The average Bonchev–Trinajstić information content (AvgIpc) is 3.06. The number of anilines is 3. The second-order valence-electron chi connectivity index (χ2n) is 8.97. The van der Waals surface area contributed by atoms with Gasteiger partial charge in [0, 0.05) is 22.5 Å². The van der Waals surface area contributed by atoms with Gasteiger partial charge < -0.3 is 4.90 Å². The molecule has 0 saturated carbocycles. The highest BCUT2D eigenvalue weighted by atomic mass is 15.1. The molecular formula is C30H29N. The van der Waals surface area contributed by atoms with Crippen LogP contribution >= 0.6 is 0 Å². The standard InChI is InChI=1S/C30H29N/c1-5-30(4)28-9-7-6-8-26(28)27-19-18-25(20-29(27)30)31(23-14-10-21(2)11-15-23)24-16-12-22(3)13-17-24/h6-20H,5H2,1-4H3. The van der Waals surface area contributed by atoms with Gasteiger partial charge in [0.05, 0.1) is 0 Å². The van der Waals surface area contributed by atoms with Crippen molar-refractivity contribution in [1.29, 1.82) is 0 Å². The first-order valence-electron chi connectivity index (χ1n) is 11.2. The van der Waals surface area contributed by atoms with Crippen molar-refractivity contribution in [3.05, 3.63) is 113 Å². The monoisotopic (exact) mass is 403 g/mol. The van der Waals surface area contributed by atoms with Crippen LogP contribution in [0.5, 0.6) is 0 Å². The molecule has 0 heterocycles. The number of hydrogen-bond donors (Lipinski definition) is 0. The summed E-state index contributed by atoms with van der Waals surface area (Å²) in [6, 6.07) is 33.5. The third kappa shape index (κ3) is 3.16. The van der Waals surface area contributed by atoms with Gasteiger partial charge in [-0.1, -0.05) is 79.6 Å². The van der Waals surface area contributed by atoms with E-state index in [1.165, 1.54) is 50.4 Å². The Morgan fingerprint density at radius 3 is 1.71 bits per heavy atom. The van der Waals surface area contributed by atoms with Crippen LogP contribution < -0.4 is 4.90 Å². The molecule has 31 heavy (non-hydrogen) atoms. The van der Waals surface area contributed by atoms with Crippen molar-refractivity contribution >= 4 is 17.1 Å². The lowest BCUT2D eigenvalue weighted by molar-refractivity contribution is 0.564. The Bertz CT molecular complexity index is 1190. The molecular weight excluding hydrogens is 374 g/mol. The minimum Gasteiger partial charge on any atom is -0.310 e. The van der Waals surface area contributed by atoms with E-state index in [-0.39, 0.29) is 5.41 Å². The average molecular weight is 404 g/mol. The van der Waals surface area contributed by atoms with E-state index in [2.05, 4.69) is 124 Å². The van der Waals surface area contributed by atoms with Gasteiger partial charge in [0.1, 0.15) is 0 Å². The van der Waals surface area contributed by atoms with Crippen LogP contribution in [0.2, 0.25) is 0 Å². The van der Waals surface area contributed by atoms with E-state index >= 15 is 0 Å². The SMILES string of the molecule is CCC1(C)c2ccccc2-c2ccc(N(c3ccc(C)cc3)c3ccc(C)cc3)cc21. The fourth-order valence-electron chi connectivity index (χ4n) is 4.92. The lowest BCUT2D eigenvalue weighted by atomic mass is 9.78. The number of rotatable bonds is 4. The summed E-state index contributed by atoms with van der Waals surface area (Å²) >= 11 is 0. The number of hydrogen-bond acceptors (Lipinski definition) is 1. The number of benzene rings is 4. The van der Waals surface area contributed by atoms with Gasteiger partial charge in [-0.2, -0.15) is 0 Å². The van der Waals surface area contributed by atoms with Crippen molar-refractivity contribution in [2.24, 2.45) is 0 Å². The van der Waals surface area contributed by atoms with E-state index in [4.69, 9.17) is 0 Å². The lowest BCUT2D eigenvalue weighted by Crippen LogP contribution is -2.20. The zero-order valence-electron chi connectivity index (χ0n) is 18.8. The van der Waals surface area contributed by atoms with E-state index in [1.54, 1.807) is 0 Å². The molecule has 0 spiro atoms. The maximum absolute atomic E-state index is 2.42. The Morgan fingerprint density at radius 2 is 1.13 bits per heavy atom. The van der Waals surface area contributed by atoms with Crippen LogP contribution in [0, 0.1) is 13.8 Å². The molecule has 0 radical (unpaired) electrons. The Kier molecular flexibility index (Phi) is 4.70. The molecule has 0 aromatic heterocycles. The Labute approximate surface area is 186 Å². The van der Waals surface area contributed by atoms with Crippen molar-refractivity contribution in [2.45, 2.75) is 39.5 Å². The highest BCUT2D eigenvalue weighted by Gasteiger charge is 2.38. The van der Waals surface area contributed by atoms with Crippen LogP contribution in [0.1, 0.15) is 42.5 Å². The molecule has 1 heteroatoms. The summed E-state index contributed by atoms with van der Waals surface area (Å²) in [5, 5.41) is 0. The van der Waals surface area contributed by atoms with Gasteiger partial charge in [-0.05, 0) is 78.9 Å². The summed E-state index contributed by atoms with van der Waals surface area (Å²) in [6.45, 7) is 8.97. The fourth-order valence-corrected chi connectivity index (χ4v) is 4.92. The Hall–Kier alpha value is -3.32. The molecule has 154 valence electrons. The predicted molar refractivity (Wildman–Crippen MR) is 133 cm³/mol. The van der Waals surface area contributed by atoms with Gasteiger partial charge >= 0.3 is 0 Å². The van der Waals surface area contributed by atoms with Crippen molar-refractivity contribution in [3.63, 3.8) is 0 Å². The topological polar surface area (TPSA) is 3.24 Å². The summed E-state index contributed by atoms with van der Waals surface area (Å²) in [7, 11) is 0. The summed E-state index contributed by atoms with van der Waals surface area (Å²) in [4.78, 5) is 2.37. The second kappa shape index (κ2) is 7.42. The first kappa shape index (κ1) is 19.6. The van der Waals surface area contributed by atoms with Crippen LogP contribution in [-0.4, -0.2) is 0 Å². The quantitative estimate of drug-likeness (QED) is 0.330. The second-order valence-corrected chi connectivity index (χ2v) is 8.97. The molecule has 1 aliphatic rings. The lowest BCUT2D eigenvalue weighted by Gasteiger charge is -2.29. The molecule has 4 aromatic rings. The van der Waals surface area contributed by atoms with Crippen LogP contribution in [0.4, 0.5) is 17.1 Å². The third-order valence-corrected chi connectivity index (χ3v) is 6.96. The minimum absolute atomic E-state index is 0.0359. The number of fused-ring (bicyclic) bond motifs is 3. The molecule has 1 unspecified atom stereocenters. The van der Waals surface area contributed by atoms with Gasteiger partial charge in [0.2, 0.25) is 0 Å². The molecule has 1 atom stereocenters. The molecule has 0 N–H and O–H groups in total. The first-order valence-corrected chi connectivity index (χ1v) is 11.2. The Balaban J connectivity index is 1.70. The van der Waals surface area contributed by atoms with Gasteiger partial charge in [-0.25, -0.2) is 0 Å². The summed E-state index contributed by atoms with van der Waals surface area (Å²) < 4.78 is 0. The molecule has 1 aliphatic carbocycles. The maximum atomic E-state index is 2.42. The third-order valence-electron chi connectivity index (χ3n) is 6.96. The normalized spacial score (nSPS) is 16.6. The smallest absolute Gasteiger partial charge is 0.0465 e. The van der Waals surface area contributed by atoms with E-state index < -0.39 is 0 Å². The minimum atomic E-state index is 0.0359. The van der Waals surface area contributed by atoms with E-state index in [0.717, 1.165) is 6.42 Å². The molecule has 0 amide bonds. The first-order chi connectivity index (χ1) is 15.0. The molecule has 4 aromatic carbocycles. The van der Waals surface area contributed by atoms with Gasteiger partial charge in [0.25, 0.3) is 0 Å². The summed E-state index contributed by atoms with van der Waals surface area (Å²) in [6.07, 6.45) is 1.08. The van der Waals surface area contributed by atoms with Crippen molar-refractivity contribution in [1.82, 2.24) is 0 Å². The number of nitrogens with zero attached hydrogens (tertiary/aromatic N) is 1. The van der Waals surface area contributed by atoms with Gasteiger partial charge in [0.15, 0.2) is 0 Å². The van der Waals surface area contributed by atoms with Crippen LogP contribution in [0.25, 0.3) is 11.1 Å². The molecule has 0 aliphatic heterocycles. The van der Waals surface area contributed by atoms with Crippen LogP contribution in [-0.2, 0) is 5.41 Å². The molecule has 0 fully saturated rings. The van der Waals surface area contributed by atoms with Gasteiger partial charge in [-0.15, -0.1) is 0 Å². The highest BCUT2D eigenvalue weighted by molar-refractivity contribution is 5.85. The van der Waals surface area contributed by atoms with E-state index in [1.807, 2.05) is 0 Å². The molecule has 0 saturated heterocycles. The van der Waals surface area contributed by atoms with Gasteiger partial charge in [-0.3, -0.25) is 0 Å². The number of aryl methyl sites for hydroxylation is 2. The maximum Gasteiger partial charge on any atom is 0.0465 e. The van der Waals surface area contributed by atoms with Crippen LogP contribution in [0.3, 0.4) is 0 Å². The van der Waals surface area contributed by atoms with E-state index in [0.29, 0.717) is 0 Å². The summed E-state index contributed by atoms with van der Waals surface area (Å²) in [5.74, 6) is 0. The Morgan fingerprint density at radius 1 is 0.613 bits per heavy atom. The van der Waals surface area contributed by atoms with Crippen molar-refractivity contribution < 1.29 is 0 Å². The molecule has 1 nitrogen and oxygen atoms in total. The van der Waals surface area contributed by atoms with E-state index in [9.17, 15) is 0 Å². The largest absolute Gasteiger partial charge is 0.310 e. The zero-order chi connectivity index (χ0) is 21.6. The van der Waals surface area contributed by atoms with Crippen molar-refractivity contribution in [2.75, 3.05) is 4.90 Å². The molecule has 0 bridgehead atoms. The zero-order valence-corrected chi connectivity index (χ0v) is 18.8. The predicted octanol–water partition coefficient (Wildman–Crippen LogP) is 8.47. The van der Waals surface area contributed by atoms with Crippen LogP contribution in [0.15, 0.2) is 91.0 Å². The van der Waals surface area contributed by atoms with Crippen molar-refractivity contribution in [3.8, 4) is 11.1 Å².